The van der Waals surface area contributed by atoms with Gasteiger partial charge in [0.1, 0.15) is 10.6 Å². The lowest BCUT2D eigenvalue weighted by atomic mass is 9.99. The van der Waals surface area contributed by atoms with Crippen LogP contribution < -0.4 is 10.3 Å². The molecule has 0 unspecified atom stereocenters. The summed E-state index contributed by atoms with van der Waals surface area (Å²) in [6.07, 6.45) is 0.763. The van der Waals surface area contributed by atoms with Crippen molar-refractivity contribution < 1.29 is 9.21 Å². The van der Waals surface area contributed by atoms with E-state index < -0.39 is 11.9 Å². The molecule has 1 atom stereocenters. The number of carbonyl (C=O) groups is 1. The molecule has 1 aliphatic heterocycles. The van der Waals surface area contributed by atoms with Gasteiger partial charge in [0.2, 0.25) is 10.9 Å². The molecular formula is C23H18ClN3O3S. The molecule has 8 heteroatoms. The number of halogens is 1. The van der Waals surface area contributed by atoms with E-state index in [0.717, 1.165) is 17.0 Å². The lowest BCUT2D eigenvalue weighted by Gasteiger charge is -2.22. The average molecular weight is 452 g/mol. The predicted molar refractivity (Wildman–Crippen MR) is 121 cm³/mol. The van der Waals surface area contributed by atoms with Crippen molar-refractivity contribution in [1.29, 1.82) is 0 Å². The highest BCUT2D eigenvalue weighted by Crippen LogP contribution is 2.42. The number of hydrogen-bond donors (Lipinski definition) is 0. The first-order chi connectivity index (χ1) is 14.9. The highest BCUT2D eigenvalue weighted by molar-refractivity contribution is 7.15. The van der Waals surface area contributed by atoms with Gasteiger partial charge in [-0.05, 0) is 35.7 Å². The quantitative estimate of drug-likeness (QED) is 0.423. The van der Waals surface area contributed by atoms with Crippen molar-refractivity contribution >= 4 is 44.9 Å². The van der Waals surface area contributed by atoms with E-state index in [-0.39, 0.29) is 11.2 Å². The third-order valence-electron chi connectivity index (χ3n) is 5.21. The Morgan fingerprint density at radius 2 is 1.84 bits per heavy atom. The Morgan fingerprint density at radius 1 is 1.10 bits per heavy atom. The lowest BCUT2D eigenvalue weighted by Crippen LogP contribution is -2.29. The van der Waals surface area contributed by atoms with Gasteiger partial charge in [0.15, 0.2) is 5.43 Å². The van der Waals surface area contributed by atoms with E-state index in [2.05, 4.69) is 24.0 Å². The molecule has 0 fully saturated rings. The number of para-hydroxylation sites is 1. The van der Waals surface area contributed by atoms with Gasteiger partial charge in [-0.15, -0.1) is 10.2 Å². The summed E-state index contributed by atoms with van der Waals surface area (Å²) in [5.41, 5.74) is 1.22. The first kappa shape index (κ1) is 19.9. The van der Waals surface area contributed by atoms with Crippen LogP contribution >= 0.6 is 22.9 Å². The van der Waals surface area contributed by atoms with E-state index in [1.54, 1.807) is 36.4 Å². The van der Waals surface area contributed by atoms with E-state index >= 15 is 0 Å². The summed E-state index contributed by atoms with van der Waals surface area (Å²) in [5, 5.41) is 10.8. The zero-order valence-corrected chi connectivity index (χ0v) is 18.4. The van der Waals surface area contributed by atoms with Crippen molar-refractivity contribution in [2.24, 2.45) is 5.92 Å². The van der Waals surface area contributed by atoms with Crippen molar-refractivity contribution in [3.63, 3.8) is 0 Å². The number of anilines is 1. The Labute approximate surface area is 187 Å². The first-order valence-corrected chi connectivity index (χ1v) is 11.1. The smallest absolute Gasteiger partial charge is 0.297 e. The highest BCUT2D eigenvalue weighted by Gasteiger charge is 2.45. The molecule has 0 spiro atoms. The number of rotatable bonds is 4. The normalized spacial score (nSPS) is 15.8. The van der Waals surface area contributed by atoms with E-state index in [0.29, 0.717) is 32.6 Å². The second-order valence-corrected chi connectivity index (χ2v) is 9.35. The fourth-order valence-electron chi connectivity index (χ4n) is 3.85. The molecule has 4 aromatic rings. The van der Waals surface area contributed by atoms with Gasteiger partial charge in [-0.2, -0.15) is 0 Å². The summed E-state index contributed by atoms with van der Waals surface area (Å²) in [6, 6.07) is 13.4. The van der Waals surface area contributed by atoms with Crippen LogP contribution in [0.5, 0.6) is 0 Å². The van der Waals surface area contributed by atoms with E-state index in [9.17, 15) is 9.59 Å². The van der Waals surface area contributed by atoms with Gasteiger partial charge in [0.25, 0.3) is 5.91 Å². The molecule has 6 nitrogen and oxygen atoms in total. The van der Waals surface area contributed by atoms with Gasteiger partial charge in [-0.1, -0.05) is 61.1 Å². The Balaban J connectivity index is 1.73. The predicted octanol–water partition coefficient (Wildman–Crippen LogP) is 5.25. The van der Waals surface area contributed by atoms with Crippen LogP contribution in [0.2, 0.25) is 5.02 Å². The van der Waals surface area contributed by atoms with Crippen LogP contribution in [-0.4, -0.2) is 16.1 Å². The maximum Gasteiger partial charge on any atom is 0.297 e. The molecule has 5 rings (SSSR count). The maximum absolute atomic E-state index is 13.5. The number of nitrogens with zero attached hydrogens (tertiary/aromatic N) is 3. The summed E-state index contributed by atoms with van der Waals surface area (Å²) in [7, 11) is 0. The molecule has 2 aromatic carbocycles. The molecule has 0 bridgehead atoms. The van der Waals surface area contributed by atoms with Crippen molar-refractivity contribution in [2.75, 3.05) is 4.90 Å². The molecule has 31 heavy (non-hydrogen) atoms. The SMILES string of the molecule is CC(C)Cc1nnc(N2C(=O)c3oc4ccccc4c(=O)c3[C@H]2c2ccc(Cl)cc2)s1. The van der Waals surface area contributed by atoms with Gasteiger partial charge in [-0.3, -0.25) is 14.5 Å². The summed E-state index contributed by atoms with van der Waals surface area (Å²) in [5.74, 6) is 0.0576. The number of hydrogen-bond acceptors (Lipinski definition) is 6. The summed E-state index contributed by atoms with van der Waals surface area (Å²) in [6.45, 7) is 4.20. The summed E-state index contributed by atoms with van der Waals surface area (Å²) >= 11 is 7.44. The topological polar surface area (TPSA) is 76.3 Å². The molecule has 0 N–H and O–H groups in total. The zero-order chi connectivity index (χ0) is 21.7. The third-order valence-corrected chi connectivity index (χ3v) is 6.41. The third kappa shape index (κ3) is 3.34. The van der Waals surface area contributed by atoms with E-state index in [1.165, 1.54) is 16.2 Å². The number of carbonyl (C=O) groups excluding carboxylic acids is 1. The molecule has 1 aliphatic rings. The second-order valence-electron chi connectivity index (χ2n) is 7.88. The van der Waals surface area contributed by atoms with Gasteiger partial charge >= 0.3 is 0 Å². The lowest BCUT2D eigenvalue weighted by molar-refractivity contribution is 0.0970. The largest absolute Gasteiger partial charge is 0.450 e. The van der Waals surface area contributed by atoms with E-state index in [1.807, 2.05) is 12.1 Å². The van der Waals surface area contributed by atoms with Crippen molar-refractivity contribution in [3.05, 3.63) is 85.7 Å². The Bertz CT molecular complexity index is 1360. The fourth-order valence-corrected chi connectivity index (χ4v) is 5.05. The molecule has 0 saturated carbocycles. The van der Waals surface area contributed by atoms with Crippen molar-refractivity contribution in [2.45, 2.75) is 26.3 Å². The monoisotopic (exact) mass is 451 g/mol. The van der Waals surface area contributed by atoms with Crippen LogP contribution in [0.1, 0.15) is 46.6 Å². The standard InChI is InChI=1S/C23H18ClN3O3S/c1-12(2)11-17-25-26-23(31-17)27-19(13-7-9-14(24)10-8-13)18-20(28)15-5-3-4-6-16(15)30-21(18)22(27)29/h3-10,12,19H,11H2,1-2H3/t19-/m1/s1. The minimum absolute atomic E-state index is 0.0456. The molecule has 156 valence electrons. The zero-order valence-electron chi connectivity index (χ0n) is 16.8. The minimum atomic E-state index is -0.666. The van der Waals surface area contributed by atoms with Crippen LogP contribution in [0.15, 0.2) is 57.7 Å². The van der Waals surface area contributed by atoms with Gasteiger partial charge < -0.3 is 4.42 Å². The average Bonchev–Trinajstić information content (AvgIpc) is 3.31. The minimum Gasteiger partial charge on any atom is -0.450 e. The van der Waals surface area contributed by atoms with Crippen molar-refractivity contribution in [1.82, 2.24) is 10.2 Å². The first-order valence-electron chi connectivity index (χ1n) is 9.91. The Hall–Kier alpha value is -3.03. The molecule has 0 saturated heterocycles. The molecular weight excluding hydrogens is 434 g/mol. The fraction of sp³-hybridized carbons (Fsp3) is 0.217. The number of benzene rings is 2. The van der Waals surface area contributed by atoms with Crippen LogP contribution in [0.25, 0.3) is 11.0 Å². The van der Waals surface area contributed by atoms with Crippen LogP contribution in [-0.2, 0) is 6.42 Å². The second kappa shape index (κ2) is 7.59. The Kier molecular flexibility index (Phi) is 4.87. The van der Waals surface area contributed by atoms with Crippen molar-refractivity contribution in [3.8, 4) is 0 Å². The summed E-state index contributed by atoms with van der Waals surface area (Å²) in [4.78, 5) is 28.4. The Morgan fingerprint density at radius 3 is 2.58 bits per heavy atom. The molecule has 1 amide bonds. The molecule has 3 heterocycles. The van der Waals surface area contributed by atoms with Crippen LogP contribution in [0.3, 0.4) is 0 Å². The number of fused-ring (bicyclic) bond motifs is 2. The highest BCUT2D eigenvalue weighted by atomic mass is 35.5. The molecule has 2 aromatic heterocycles. The van der Waals surface area contributed by atoms with Crippen LogP contribution in [0, 0.1) is 5.92 Å². The molecule has 0 aliphatic carbocycles. The van der Waals surface area contributed by atoms with E-state index in [4.69, 9.17) is 16.0 Å². The summed E-state index contributed by atoms with van der Waals surface area (Å²) < 4.78 is 5.94. The van der Waals surface area contributed by atoms with Gasteiger partial charge in [0, 0.05) is 11.4 Å². The maximum atomic E-state index is 13.5. The number of amides is 1. The number of aromatic nitrogens is 2. The van der Waals surface area contributed by atoms with Gasteiger partial charge in [0.05, 0.1) is 17.0 Å². The van der Waals surface area contributed by atoms with Crippen LogP contribution in [0.4, 0.5) is 5.13 Å². The van der Waals surface area contributed by atoms with Gasteiger partial charge in [-0.25, -0.2) is 0 Å². The molecule has 0 radical (unpaired) electrons.